The first kappa shape index (κ1) is 25.4. The van der Waals surface area contributed by atoms with Crippen LogP contribution in [0.4, 0.5) is 11.4 Å². The molecular formula is C32H27ClN4OS. The van der Waals surface area contributed by atoms with Crippen molar-refractivity contribution in [2.75, 3.05) is 10.0 Å². The highest BCUT2D eigenvalue weighted by atomic mass is 35.5. The van der Waals surface area contributed by atoms with E-state index in [2.05, 4.69) is 43.3 Å². The number of carbonyl (C=O) groups excluding carboxylic acids is 1. The second-order valence-corrected chi connectivity index (χ2v) is 11.1. The van der Waals surface area contributed by atoms with E-state index in [1.165, 1.54) is 17.3 Å². The largest absolute Gasteiger partial charge is 0.292 e. The average Bonchev–Trinajstić information content (AvgIpc) is 3.36. The summed E-state index contributed by atoms with van der Waals surface area (Å²) in [6.07, 6.45) is 0.971. The maximum atomic E-state index is 12.8. The van der Waals surface area contributed by atoms with Gasteiger partial charge in [-0.1, -0.05) is 91.3 Å². The first-order valence-corrected chi connectivity index (χ1v) is 14.1. The number of ketones is 1. The lowest BCUT2D eigenvalue weighted by Crippen LogP contribution is -2.54. The van der Waals surface area contributed by atoms with E-state index in [-0.39, 0.29) is 5.78 Å². The van der Waals surface area contributed by atoms with Crippen molar-refractivity contribution in [3.05, 3.63) is 130 Å². The summed E-state index contributed by atoms with van der Waals surface area (Å²) in [7, 11) is 0. The van der Waals surface area contributed by atoms with Crippen molar-refractivity contribution in [2.45, 2.75) is 32.2 Å². The molecule has 194 valence electrons. The summed E-state index contributed by atoms with van der Waals surface area (Å²) in [6, 6.07) is 32.7. The number of rotatable bonds is 5. The Morgan fingerprint density at radius 2 is 1.59 bits per heavy atom. The van der Waals surface area contributed by atoms with Crippen LogP contribution in [0.3, 0.4) is 0 Å². The standard InChI is InChI=1S/C32H27ClN4OS/c1-4-23-17-19-24(20-18-23)30-26-13-8-9-14-27(26)32(36(34-30)25-11-6-5-7-12-25)37(35-31(39-32)22(3)38)29-16-10-15-28(33)21(29)2/h5-20H,4H2,1-3H3/t32-/m0/s1. The van der Waals surface area contributed by atoms with Gasteiger partial charge < -0.3 is 0 Å². The summed E-state index contributed by atoms with van der Waals surface area (Å²) in [6.45, 7) is 5.68. The van der Waals surface area contributed by atoms with Crippen molar-refractivity contribution in [1.82, 2.24) is 0 Å². The molecule has 2 aliphatic heterocycles. The van der Waals surface area contributed by atoms with Crippen molar-refractivity contribution < 1.29 is 4.79 Å². The molecule has 0 bridgehead atoms. The van der Waals surface area contributed by atoms with Crippen LogP contribution in [0, 0.1) is 6.92 Å². The summed E-state index contributed by atoms with van der Waals surface area (Å²) in [4.78, 5) is 11.8. The molecule has 0 N–H and O–H groups in total. The van der Waals surface area contributed by atoms with Crippen LogP contribution in [0.15, 0.2) is 107 Å². The van der Waals surface area contributed by atoms with E-state index in [9.17, 15) is 4.79 Å². The minimum absolute atomic E-state index is 0.100. The molecule has 2 aliphatic rings. The molecule has 0 aromatic heterocycles. The van der Waals surface area contributed by atoms with E-state index in [1.54, 1.807) is 6.92 Å². The number of carbonyl (C=O) groups is 1. The summed E-state index contributed by atoms with van der Waals surface area (Å²) in [5.41, 5.74) is 7.71. The van der Waals surface area contributed by atoms with Crippen LogP contribution in [0.1, 0.15) is 41.7 Å². The molecule has 0 unspecified atom stereocenters. The Balaban J connectivity index is 1.66. The monoisotopic (exact) mass is 550 g/mol. The van der Waals surface area contributed by atoms with Crippen molar-refractivity contribution in [2.24, 2.45) is 10.2 Å². The van der Waals surface area contributed by atoms with Gasteiger partial charge in [-0.3, -0.25) is 4.79 Å². The fourth-order valence-electron chi connectivity index (χ4n) is 5.07. The normalized spacial score (nSPS) is 18.2. The number of Topliss-reactive ketones (excluding diaryl/α,β-unsaturated/α-hetero) is 1. The lowest BCUT2D eigenvalue weighted by atomic mass is 9.92. The smallest absolute Gasteiger partial charge is 0.234 e. The summed E-state index contributed by atoms with van der Waals surface area (Å²) < 4.78 is 0. The Morgan fingerprint density at radius 1 is 0.872 bits per heavy atom. The Kier molecular flexibility index (Phi) is 6.53. The lowest BCUT2D eigenvalue weighted by molar-refractivity contribution is -0.110. The van der Waals surface area contributed by atoms with Gasteiger partial charge in [0, 0.05) is 28.6 Å². The summed E-state index contributed by atoms with van der Waals surface area (Å²) in [5.74, 6) is -0.100. The highest BCUT2D eigenvalue weighted by Gasteiger charge is 2.56. The third kappa shape index (κ3) is 4.15. The van der Waals surface area contributed by atoms with Crippen LogP contribution in [0.2, 0.25) is 5.02 Å². The molecule has 7 heteroatoms. The predicted octanol–water partition coefficient (Wildman–Crippen LogP) is 7.75. The van der Waals surface area contributed by atoms with E-state index in [0.29, 0.717) is 10.1 Å². The molecule has 0 amide bonds. The molecule has 1 spiro atoms. The maximum absolute atomic E-state index is 12.8. The van der Waals surface area contributed by atoms with Gasteiger partial charge in [0.1, 0.15) is 0 Å². The highest BCUT2D eigenvalue weighted by Crippen LogP contribution is 2.55. The van der Waals surface area contributed by atoms with Crippen LogP contribution >= 0.6 is 23.4 Å². The van der Waals surface area contributed by atoms with E-state index < -0.39 is 4.99 Å². The van der Waals surface area contributed by atoms with Crippen molar-refractivity contribution in [1.29, 1.82) is 0 Å². The zero-order valence-electron chi connectivity index (χ0n) is 21.9. The van der Waals surface area contributed by atoms with Crippen molar-refractivity contribution in [3.63, 3.8) is 0 Å². The zero-order chi connectivity index (χ0) is 27.1. The number of hydrazone groups is 2. The molecule has 2 heterocycles. The molecule has 4 aromatic carbocycles. The third-order valence-electron chi connectivity index (χ3n) is 7.14. The number of aryl methyl sites for hydroxylation is 1. The molecule has 0 aliphatic carbocycles. The molecule has 6 rings (SSSR count). The van der Waals surface area contributed by atoms with Gasteiger partial charge in [-0.15, -0.1) is 0 Å². The first-order chi connectivity index (χ1) is 18.9. The highest BCUT2D eigenvalue weighted by molar-refractivity contribution is 8.17. The van der Waals surface area contributed by atoms with E-state index >= 15 is 0 Å². The molecule has 5 nitrogen and oxygen atoms in total. The van der Waals surface area contributed by atoms with Gasteiger partial charge in [0.2, 0.25) is 4.99 Å². The maximum Gasteiger partial charge on any atom is 0.234 e. The Labute approximate surface area is 237 Å². The fraction of sp³-hybridized carbons (Fsp3) is 0.156. The van der Waals surface area contributed by atoms with Gasteiger partial charge in [-0.25, -0.2) is 10.0 Å². The summed E-state index contributed by atoms with van der Waals surface area (Å²) in [5, 5.41) is 15.2. The number of nitrogens with zero attached hydrogens (tertiary/aromatic N) is 4. The molecule has 1 atom stereocenters. The van der Waals surface area contributed by atoms with E-state index in [4.69, 9.17) is 21.8 Å². The number of fused-ring (bicyclic) bond motifs is 2. The van der Waals surface area contributed by atoms with Crippen LogP contribution in [0.5, 0.6) is 0 Å². The third-order valence-corrected chi connectivity index (χ3v) is 8.96. The number of para-hydroxylation sites is 1. The van der Waals surface area contributed by atoms with Crippen molar-refractivity contribution in [3.8, 4) is 0 Å². The van der Waals surface area contributed by atoms with Crippen molar-refractivity contribution >= 4 is 51.3 Å². The SMILES string of the molecule is CCc1ccc(C2=NN(c3ccccc3)[C@@]3(SC(C(C)=O)=NN3c3cccc(Cl)c3C)c3ccccc32)cc1. The topological polar surface area (TPSA) is 48.3 Å². The molecule has 39 heavy (non-hydrogen) atoms. The predicted molar refractivity (Wildman–Crippen MR) is 163 cm³/mol. The quantitative estimate of drug-likeness (QED) is 0.255. The lowest BCUT2D eigenvalue weighted by Gasteiger charge is -2.47. The second-order valence-electron chi connectivity index (χ2n) is 9.56. The molecule has 0 saturated heterocycles. The Hall–Kier alpha value is -3.87. The minimum atomic E-state index is -0.999. The number of hydrogen-bond acceptors (Lipinski definition) is 6. The Morgan fingerprint density at radius 3 is 2.31 bits per heavy atom. The van der Waals surface area contributed by atoms with Gasteiger partial charge in [0.25, 0.3) is 0 Å². The van der Waals surface area contributed by atoms with Gasteiger partial charge in [-0.05, 0) is 60.5 Å². The van der Waals surface area contributed by atoms with E-state index in [0.717, 1.165) is 45.8 Å². The van der Waals surface area contributed by atoms with Gasteiger partial charge in [-0.2, -0.15) is 10.2 Å². The van der Waals surface area contributed by atoms with Crippen LogP contribution in [0.25, 0.3) is 0 Å². The molecule has 0 fully saturated rings. The van der Waals surface area contributed by atoms with Gasteiger partial charge in [0.05, 0.1) is 17.1 Å². The first-order valence-electron chi connectivity index (χ1n) is 12.9. The number of hydrogen-bond donors (Lipinski definition) is 0. The number of anilines is 2. The number of halogens is 1. The molecule has 0 radical (unpaired) electrons. The van der Waals surface area contributed by atoms with Gasteiger partial charge in [0.15, 0.2) is 10.8 Å². The molecule has 0 saturated carbocycles. The Bertz CT molecular complexity index is 1630. The number of thioether (sulfide) groups is 1. The summed E-state index contributed by atoms with van der Waals surface area (Å²) >= 11 is 8.02. The van der Waals surface area contributed by atoms with E-state index in [1.807, 2.05) is 77.6 Å². The van der Waals surface area contributed by atoms with Crippen LogP contribution in [-0.4, -0.2) is 16.5 Å². The molecule has 4 aromatic rings. The minimum Gasteiger partial charge on any atom is -0.292 e. The van der Waals surface area contributed by atoms with Crippen LogP contribution < -0.4 is 10.0 Å². The zero-order valence-corrected chi connectivity index (χ0v) is 23.5. The fourth-order valence-corrected chi connectivity index (χ4v) is 6.52. The second kappa shape index (κ2) is 10.0. The molecular weight excluding hydrogens is 524 g/mol. The van der Waals surface area contributed by atoms with Crippen LogP contribution in [-0.2, 0) is 16.2 Å². The van der Waals surface area contributed by atoms with Gasteiger partial charge >= 0.3 is 0 Å². The average molecular weight is 551 g/mol. The number of benzene rings is 4.